The van der Waals surface area contributed by atoms with Gasteiger partial charge in [-0.3, -0.25) is 4.79 Å². The van der Waals surface area contributed by atoms with Gasteiger partial charge in [0.2, 0.25) is 5.91 Å². The summed E-state index contributed by atoms with van der Waals surface area (Å²) < 4.78 is 16.6. The summed E-state index contributed by atoms with van der Waals surface area (Å²) in [6.07, 6.45) is 0.267. The zero-order valence-corrected chi connectivity index (χ0v) is 14.4. The highest BCUT2D eigenvalue weighted by Crippen LogP contribution is 2.24. The van der Waals surface area contributed by atoms with Gasteiger partial charge in [-0.25, -0.2) is 0 Å². The maximum absolute atomic E-state index is 12.4. The predicted molar refractivity (Wildman–Crippen MR) is 94.8 cm³/mol. The third-order valence-corrected chi connectivity index (χ3v) is 4.23. The second kappa shape index (κ2) is 8.53. The van der Waals surface area contributed by atoms with Crippen LogP contribution in [0.15, 0.2) is 54.6 Å². The van der Waals surface area contributed by atoms with Gasteiger partial charge in [0.15, 0.2) is 0 Å². The zero-order valence-electron chi connectivity index (χ0n) is 14.4. The van der Waals surface area contributed by atoms with E-state index in [0.717, 1.165) is 17.1 Å². The number of carbonyl (C=O) groups excluding carboxylic acids is 1. The fourth-order valence-electron chi connectivity index (χ4n) is 2.83. The summed E-state index contributed by atoms with van der Waals surface area (Å²) in [4.78, 5) is 14.3. The molecule has 5 nitrogen and oxygen atoms in total. The van der Waals surface area contributed by atoms with Crippen molar-refractivity contribution < 1.29 is 19.0 Å². The normalized spacial score (nSPS) is 17.2. The van der Waals surface area contributed by atoms with Crippen molar-refractivity contribution in [2.45, 2.75) is 12.5 Å². The Hall–Kier alpha value is -2.53. The molecule has 1 unspecified atom stereocenters. The number of para-hydroxylation sites is 1. The fourth-order valence-corrected chi connectivity index (χ4v) is 2.83. The predicted octanol–water partition coefficient (Wildman–Crippen LogP) is 3.06. The number of carbonyl (C=O) groups is 1. The number of morpholine rings is 1. The highest BCUT2D eigenvalue weighted by molar-refractivity contribution is 5.76. The third-order valence-electron chi connectivity index (χ3n) is 4.23. The summed E-state index contributed by atoms with van der Waals surface area (Å²) in [5, 5.41) is 0. The van der Waals surface area contributed by atoms with Crippen LogP contribution >= 0.6 is 0 Å². The van der Waals surface area contributed by atoms with Gasteiger partial charge in [0.1, 0.15) is 17.6 Å². The van der Waals surface area contributed by atoms with Crippen molar-refractivity contribution in [2.75, 3.05) is 33.4 Å². The first kappa shape index (κ1) is 17.3. The lowest BCUT2D eigenvalue weighted by Crippen LogP contribution is -2.42. The van der Waals surface area contributed by atoms with Crippen LogP contribution in [0.1, 0.15) is 18.1 Å². The number of nitrogens with zero attached hydrogens (tertiary/aromatic N) is 1. The monoisotopic (exact) mass is 341 g/mol. The number of rotatable bonds is 6. The van der Waals surface area contributed by atoms with Crippen molar-refractivity contribution in [3.63, 3.8) is 0 Å². The molecule has 0 bridgehead atoms. The molecule has 0 N–H and O–H groups in total. The third kappa shape index (κ3) is 4.73. The largest absolute Gasteiger partial charge is 0.497 e. The molecule has 0 radical (unpaired) electrons. The number of hydrogen-bond acceptors (Lipinski definition) is 4. The molecular weight excluding hydrogens is 318 g/mol. The van der Waals surface area contributed by atoms with E-state index in [1.807, 2.05) is 59.5 Å². The molecule has 1 saturated heterocycles. The Morgan fingerprint density at radius 1 is 1.12 bits per heavy atom. The maximum atomic E-state index is 12.4. The van der Waals surface area contributed by atoms with E-state index in [-0.39, 0.29) is 12.0 Å². The Balaban J connectivity index is 1.50. The van der Waals surface area contributed by atoms with Crippen molar-refractivity contribution in [2.24, 2.45) is 0 Å². The van der Waals surface area contributed by atoms with Crippen molar-refractivity contribution in [3.8, 4) is 11.5 Å². The topological polar surface area (TPSA) is 48.0 Å². The molecule has 1 aliphatic heterocycles. The average molecular weight is 341 g/mol. The Morgan fingerprint density at radius 3 is 2.60 bits per heavy atom. The quantitative estimate of drug-likeness (QED) is 0.810. The summed E-state index contributed by atoms with van der Waals surface area (Å²) in [5.74, 6) is 1.69. The van der Waals surface area contributed by atoms with Crippen LogP contribution < -0.4 is 9.47 Å². The second-order valence-electron chi connectivity index (χ2n) is 5.88. The van der Waals surface area contributed by atoms with E-state index in [1.54, 1.807) is 7.11 Å². The Morgan fingerprint density at radius 2 is 1.88 bits per heavy atom. The number of ether oxygens (including phenoxy) is 3. The Bertz CT molecular complexity index is 672. The van der Waals surface area contributed by atoms with E-state index in [2.05, 4.69) is 0 Å². The minimum absolute atomic E-state index is 0.0951. The van der Waals surface area contributed by atoms with E-state index in [0.29, 0.717) is 32.7 Å². The molecule has 1 amide bonds. The zero-order chi connectivity index (χ0) is 17.5. The van der Waals surface area contributed by atoms with Gasteiger partial charge < -0.3 is 19.1 Å². The first-order valence-electron chi connectivity index (χ1n) is 8.47. The average Bonchev–Trinajstić information content (AvgIpc) is 2.69. The fraction of sp³-hybridized carbons (Fsp3) is 0.350. The van der Waals surface area contributed by atoms with Gasteiger partial charge in [-0.2, -0.15) is 0 Å². The van der Waals surface area contributed by atoms with Crippen LogP contribution in [-0.2, 0) is 9.53 Å². The van der Waals surface area contributed by atoms with Crippen LogP contribution in [0.4, 0.5) is 0 Å². The molecule has 132 valence electrons. The molecule has 1 fully saturated rings. The Kier molecular flexibility index (Phi) is 5.90. The summed E-state index contributed by atoms with van der Waals surface area (Å²) in [6, 6.07) is 17.3. The van der Waals surface area contributed by atoms with Gasteiger partial charge in [-0.15, -0.1) is 0 Å². The molecule has 5 heteroatoms. The summed E-state index contributed by atoms with van der Waals surface area (Å²) in [6.45, 7) is 2.11. The second-order valence-corrected chi connectivity index (χ2v) is 5.88. The van der Waals surface area contributed by atoms with Crippen LogP contribution in [0.2, 0.25) is 0 Å². The molecule has 3 rings (SSSR count). The molecule has 2 aromatic rings. The van der Waals surface area contributed by atoms with Crippen LogP contribution in [0.5, 0.6) is 11.5 Å². The van der Waals surface area contributed by atoms with E-state index >= 15 is 0 Å². The first-order valence-corrected chi connectivity index (χ1v) is 8.47. The smallest absolute Gasteiger partial charge is 0.226 e. The molecule has 0 aliphatic carbocycles. The van der Waals surface area contributed by atoms with Crippen molar-refractivity contribution in [1.29, 1.82) is 0 Å². The van der Waals surface area contributed by atoms with Crippen LogP contribution in [0, 0.1) is 0 Å². The van der Waals surface area contributed by atoms with Crippen LogP contribution in [0.3, 0.4) is 0 Å². The van der Waals surface area contributed by atoms with Crippen LogP contribution in [-0.4, -0.2) is 44.2 Å². The number of benzene rings is 2. The lowest BCUT2D eigenvalue weighted by atomic mass is 10.1. The molecule has 25 heavy (non-hydrogen) atoms. The van der Waals surface area contributed by atoms with Crippen molar-refractivity contribution >= 4 is 5.91 Å². The highest BCUT2D eigenvalue weighted by atomic mass is 16.5. The molecule has 0 aromatic heterocycles. The van der Waals surface area contributed by atoms with Gasteiger partial charge in [0.25, 0.3) is 0 Å². The number of hydrogen-bond donors (Lipinski definition) is 0. The minimum Gasteiger partial charge on any atom is -0.497 e. The number of amides is 1. The summed E-state index contributed by atoms with van der Waals surface area (Å²) in [7, 11) is 1.64. The SMILES string of the molecule is COc1ccc(C2CN(C(=O)CCOc3ccccc3)CCO2)cc1. The van der Waals surface area contributed by atoms with Crippen molar-refractivity contribution in [3.05, 3.63) is 60.2 Å². The highest BCUT2D eigenvalue weighted by Gasteiger charge is 2.25. The van der Waals surface area contributed by atoms with Crippen LogP contribution in [0.25, 0.3) is 0 Å². The van der Waals surface area contributed by atoms with E-state index < -0.39 is 0 Å². The van der Waals surface area contributed by atoms with Gasteiger partial charge in [0, 0.05) is 6.54 Å². The molecular formula is C20H23NO4. The minimum atomic E-state index is -0.0985. The lowest BCUT2D eigenvalue weighted by Gasteiger charge is -2.33. The molecule has 1 aliphatic rings. The molecule has 1 heterocycles. The Labute approximate surface area is 148 Å². The van der Waals surface area contributed by atoms with Gasteiger partial charge in [0.05, 0.1) is 33.3 Å². The molecule has 0 spiro atoms. The molecule has 1 atom stereocenters. The van der Waals surface area contributed by atoms with Crippen molar-refractivity contribution in [1.82, 2.24) is 4.90 Å². The lowest BCUT2D eigenvalue weighted by molar-refractivity contribution is -0.139. The summed E-state index contributed by atoms with van der Waals surface area (Å²) in [5.41, 5.74) is 1.05. The van der Waals surface area contributed by atoms with E-state index in [9.17, 15) is 4.79 Å². The first-order chi connectivity index (χ1) is 12.3. The molecule has 0 saturated carbocycles. The van der Waals surface area contributed by atoms with Gasteiger partial charge in [-0.1, -0.05) is 30.3 Å². The maximum Gasteiger partial charge on any atom is 0.226 e. The van der Waals surface area contributed by atoms with Gasteiger partial charge in [-0.05, 0) is 29.8 Å². The van der Waals surface area contributed by atoms with E-state index in [1.165, 1.54) is 0 Å². The van der Waals surface area contributed by atoms with Gasteiger partial charge >= 0.3 is 0 Å². The van der Waals surface area contributed by atoms with E-state index in [4.69, 9.17) is 14.2 Å². The molecule has 2 aromatic carbocycles. The summed E-state index contributed by atoms with van der Waals surface area (Å²) >= 11 is 0. The standard InChI is InChI=1S/C20H23NO4/c1-23-17-9-7-16(8-10-17)19-15-21(12-14-25-19)20(22)11-13-24-18-5-3-2-4-6-18/h2-10,19H,11-15H2,1H3. The number of methoxy groups -OCH3 is 1.